The van der Waals surface area contributed by atoms with E-state index in [-0.39, 0.29) is 12.8 Å². The highest BCUT2D eigenvalue weighted by Crippen LogP contribution is 2.38. The van der Waals surface area contributed by atoms with Gasteiger partial charge in [0, 0.05) is 12.8 Å². The molecule has 1 aliphatic rings. The Labute approximate surface area is 55.5 Å². The van der Waals surface area contributed by atoms with E-state index >= 15 is 0 Å². The smallest absolute Gasteiger partial charge is 0.209 e. The molecule has 0 N–H and O–H groups in total. The zero-order valence-corrected chi connectivity index (χ0v) is 5.13. The van der Waals surface area contributed by atoms with Crippen LogP contribution in [-0.4, -0.2) is 5.92 Å². The molecule has 0 amide bonds. The van der Waals surface area contributed by atoms with Crippen molar-refractivity contribution in [2.75, 3.05) is 0 Å². The summed E-state index contributed by atoms with van der Waals surface area (Å²) in [5.74, 6) is -6.72. The molecule has 1 rings (SSSR count). The lowest BCUT2D eigenvalue weighted by molar-refractivity contribution is -0.00432. The minimum atomic E-state index is -3.55. The summed E-state index contributed by atoms with van der Waals surface area (Å²) in [6.45, 7) is 0. The first kappa shape index (κ1) is 7.57. The molecule has 0 saturated carbocycles. The summed E-state index contributed by atoms with van der Waals surface area (Å²) in [6.07, 6.45) is -0.750. The van der Waals surface area contributed by atoms with Crippen molar-refractivity contribution in [3.05, 3.63) is 11.7 Å². The van der Waals surface area contributed by atoms with Crippen molar-refractivity contribution >= 4 is 0 Å². The molecule has 0 saturated heterocycles. The highest BCUT2D eigenvalue weighted by Gasteiger charge is 2.40. The van der Waals surface area contributed by atoms with E-state index in [0.29, 0.717) is 0 Å². The fourth-order valence-corrected chi connectivity index (χ4v) is 0.884. The van der Waals surface area contributed by atoms with Crippen LogP contribution in [0.5, 0.6) is 0 Å². The summed E-state index contributed by atoms with van der Waals surface area (Å²) in [5.41, 5.74) is 0. The molecule has 0 unspecified atom stereocenters. The highest BCUT2D eigenvalue weighted by atomic mass is 19.3. The van der Waals surface area contributed by atoms with Gasteiger partial charge in [0.05, 0.1) is 0 Å². The third-order valence-electron chi connectivity index (χ3n) is 1.45. The largest absolute Gasteiger partial charge is 0.301 e. The van der Waals surface area contributed by atoms with E-state index in [1.165, 1.54) is 0 Å². The summed E-state index contributed by atoms with van der Waals surface area (Å²) in [7, 11) is 0. The Bertz CT molecular complexity index is 171. The van der Waals surface area contributed by atoms with Crippen molar-refractivity contribution in [2.24, 2.45) is 0 Å². The van der Waals surface area contributed by atoms with Crippen molar-refractivity contribution in [3.8, 4) is 0 Å². The van der Waals surface area contributed by atoms with Gasteiger partial charge in [-0.3, -0.25) is 0 Å². The third kappa shape index (κ3) is 1.15. The van der Waals surface area contributed by atoms with Crippen LogP contribution in [0.1, 0.15) is 19.3 Å². The van der Waals surface area contributed by atoms with E-state index in [9.17, 15) is 17.6 Å². The molecule has 0 spiro atoms. The van der Waals surface area contributed by atoms with E-state index in [1.807, 2.05) is 0 Å². The molecule has 0 bridgehead atoms. The van der Waals surface area contributed by atoms with Gasteiger partial charge in [-0.1, -0.05) is 0 Å². The maximum Gasteiger partial charge on any atom is 0.301 e. The van der Waals surface area contributed by atoms with Crippen LogP contribution in [0.2, 0.25) is 0 Å². The molecule has 0 nitrogen and oxygen atoms in total. The minimum Gasteiger partial charge on any atom is -0.209 e. The standard InChI is InChI=1S/C6H6F4/c7-4-2-1-3-6(9,10)5(4)8/h1-3H2. The van der Waals surface area contributed by atoms with Crippen molar-refractivity contribution < 1.29 is 17.6 Å². The number of alkyl halides is 2. The van der Waals surface area contributed by atoms with Crippen LogP contribution in [0.3, 0.4) is 0 Å². The molecule has 4 heteroatoms. The summed E-state index contributed by atoms with van der Waals surface area (Å²) in [4.78, 5) is 0. The van der Waals surface area contributed by atoms with Gasteiger partial charge in [0.2, 0.25) is 5.83 Å². The summed E-state index contributed by atoms with van der Waals surface area (Å²) in [6, 6.07) is 0. The Morgan fingerprint density at radius 3 is 2.20 bits per heavy atom. The number of rotatable bonds is 0. The first-order valence-electron chi connectivity index (χ1n) is 2.96. The molecular weight excluding hydrogens is 148 g/mol. The van der Waals surface area contributed by atoms with Crippen LogP contribution in [0.15, 0.2) is 11.7 Å². The summed E-state index contributed by atoms with van der Waals surface area (Å²) < 4.78 is 48.6. The first-order chi connectivity index (χ1) is 4.54. The van der Waals surface area contributed by atoms with Gasteiger partial charge in [0.15, 0.2) is 0 Å². The lowest BCUT2D eigenvalue weighted by Gasteiger charge is -2.18. The second kappa shape index (κ2) is 2.25. The van der Waals surface area contributed by atoms with Gasteiger partial charge in [-0.15, -0.1) is 0 Å². The quantitative estimate of drug-likeness (QED) is 0.470. The topological polar surface area (TPSA) is 0 Å². The monoisotopic (exact) mass is 154 g/mol. The van der Waals surface area contributed by atoms with E-state index in [0.717, 1.165) is 0 Å². The number of halogens is 4. The predicted octanol–water partition coefficient (Wildman–Crippen LogP) is 2.96. The Morgan fingerprint density at radius 2 is 1.80 bits per heavy atom. The molecule has 0 aromatic rings. The second-order valence-corrected chi connectivity index (χ2v) is 2.28. The van der Waals surface area contributed by atoms with Crippen LogP contribution in [-0.2, 0) is 0 Å². The molecule has 10 heavy (non-hydrogen) atoms. The van der Waals surface area contributed by atoms with E-state index in [1.54, 1.807) is 0 Å². The molecule has 0 heterocycles. The number of hydrogen-bond acceptors (Lipinski definition) is 0. The molecule has 0 aromatic heterocycles. The van der Waals surface area contributed by atoms with Crippen LogP contribution in [0, 0.1) is 0 Å². The maximum absolute atomic E-state index is 12.2. The van der Waals surface area contributed by atoms with Crippen LogP contribution >= 0.6 is 0 Å². The van der Waals surface area contributed by atoms with Crippen LogP contribution in [0.4, 0.5) is 17.6 Å². The van der Waals surface area contributed by atoms with Crippen molar-refractivity contribution in [1.82, 2.24) is 0 Å². The average molecular weight is 154 g/mol. The molecule has 0 aliphatic heterocycles. The minimum absolute atomic E-state index is 0.0201. The van der Waals surface area contributed by atoms with E-state index < -0.39 is 24.0 Å². The van der Waals surface area contributed by atoms with Gasteiger partial charge in [-0.2, -0.15) is 8.78 Å². The van der Waals surface area contributed by atoms with Gasteiger partial charge in [-0.25, -0.2) is 8.78 Å². The highest BCUT2D eigenvalue weighted by molar-refractivity contribution is 5.12. The van der Waals surface area contributed by atoms with E-state index in [4.69, 9.17) is 0 Å². The molecule has 58 valence electrons. The summed E-state index contributed by atoms with van der Waals surface area (Å²) >= 11 is 0. The molecule has 1 aliphatic carbocycles. The molecule has 0 fully saturated rings. The Hall–Kier alpha value is -0.540. The Kier molecular flexibility index (Phi) is 1.70. The fourth-order valence-electron chi connectivity index (χ4n) is 0.884. The zero-order chi connectivity index (χ0) is 7.78. The van der Waals surface area contributed by atoms with Crippen molar-refractivity contribution in [2.45, 2.75) is 25.2 Å². The first-order valence-corrected chi connectivity index (χ1v) is 2.96. The van der Waals surface area contributed by atoms with Gasteiger partial charge in [0.25, 0.3) is 0 Å². The van der Waals surface area contributed by atoms with E-state index in [2.05, 4.69) is 0 Å². The molecular formula is C6H6F4. The van der Waals surface area contributed by atoms with Crippen LogP contribution in [0.25, 0.3) is 0 Å². The predicted molar refractivity (Wildman–Crippen MR) is 28.0 cm³/mol. The molecule has 0 radical (unpaired) electrons. The fraction of sp³-hybridized carbons (Fsp3) is 0.667. The average Bonchev–Trinajstić information content (AvgIpc) is 1.83. The van der Waals surface area contributed by atoms with Gasteiger partial charge >= 0.3 is 5.92 Å². The molecule has 0 aromatic carbocycles. The molecule has 0 atom stereocenters. The summed E-state index contributed by atoms with van der Waals surface area (Å²) in [5, 5.41) is 0. The normalized spacial score (nSPS) is 25.2. The Balaban J connectivity index is 2.89. The second-order valence-electron chi connectivity index (χ2n) is 2.28. The lowest BCUT2D eigenvalue weighted by Crippen LogP contribution is -2.21. The van der Waals surface area contributed by atoms with Crippen molar-refractivity contribution in [3.63, 3.8) is 0 Å². The van der Waals surface area contributed by atoms with Crippen LogP contribution < -0.4 is 0 Å². The van der Waals surface area contributed by atoms with Gasteiger partial charge in [-0.05, 0) is 6.42 Å². The van der Waals surface area contributed by atoms with Gasteiger partial charge < -0.3 is 0 Å². The number of allylic oxidation sites excluding steroid dienone is 2. The number of hydrogen-bond donors (Lipinski definition) is 0. The zero-order valence-electron chi connectivity index (χ0n) is 5.13. The Morgan fingerprint density at radius 1 is 1.20 bits per heavy atom. The third-order valence-corrected chi connectivity index (χ3v) is 1.45. The maximum atomic E-state index is 12.2. The SMILES string of the molecule is FC1=C(F)C(F)(F)CCC1. The van der Waals surface area contributed by atoms with Crippen molar-refractivity contribution in [1.29, 1.82) is 0 Å². The lowest BCUT2D eigenvalue weighted by atomic mass is 10.0. The van der Waals surface area contributed by atoms with Gasteiger partial charge in [0.1, 0.15) is 5.83 Å².